The first-order valence-corrected chi connectivity index (χ1v) is 7.11. The highest BCUT2D eigenvalue weighted by Crippen LogP contribution is 2.47. The Labute approximate surface area is 107 Å². The molecule has 2 aliphatic carbocycles. The van der Waals surface area contributed by atoms with Gasteiger partial charge in [0.1, 0.15) is 0 Å². The van der Waals surface area contributed by atoms with Crippen molar-refractivity contribution < 1.29 is 8.78 Å². The minimum Gasteiger partial charge on any atom is -0.204 e. The maximum absolute atomic E-state index is 13.6. The molecule has 0 amide bonds. The van der Waals surface area contributed by atoms with E-state index in [1.807, 2.05) is 0 Å². The van der Waals surface area contributed by atoms with Gasteiger partial charge in [0.2, 0.25) is 0 Å². The fraction of sp³-hybridized carbons (Fsp3) is 0.625. The zero-order valence-electron chi connectivity index (χ0n) is 10.9. The van der Waals surface area contributed by atoms with Gasteiger partial charge in [0, 0.05) is 0 Å². The van der Waals surface area contributed by atoms with E-state index in [9.17, 15) is 8.78 Å². The zero-order valence-corrected chi connectivity index (χ0v) is 10.9. The molecule has 0 N–H and O–H groups in total. The minimum absolute atomic E-state index is 0.440. The third-order valence-electron chi connectivity index (χ3n) is 4.88. The smallest absolute Gasteiger partial charge is 0.162 e. The fourth-order valence-electron chi connectivity index (χ4n) is 3.58. The lowest BCUT2D eigenvalue weighted by atomic mass is 9.76. The molecule has 98 valence electrons. The van der Waals surface area contributed by atoms with E-state index in [0.29, 0.717) is 11.5 Å². The van der Waals surface area contributed by atoms with Gasteiger partial charge in [0.05, 0.1) is 0 Å². The number of hydrogen-bond donors (Lipinski definition) is 0. The summed E-state index contributed by atoms with van der Waals surface area (Å²) in [4.78, 5) is 0. The largest absolute Gasteiger partial charge is 0.204 e. The van der Waals surface area contributed by atoms with Gasteiger partial charge in [-0.15, -0.1) is 0 Å². The molecule has 0 radical (unpaired) electrons. The monoisotopic (exact) mass is 250 g/mol. The number of halogens is 2. The van der Waals surface area contributed by atoms with Crippen molar-refractivity contribution in [1.29, 1.82) is 0 Å². The lowest BCUT2D eigenvalue weighted by molar-refractivity contribution is 0.294. The van der Waals surface area contributed by atoms with Crippen LogP contribution in [0.15, 0.2) is 12.1 Å². The molecule has 1 aromatic rings. The molecular formula is C16H20F2. The molecular weight excluding hydrogens is 230 g/mol. The highest BCUT2D eigenvalue weighted by atomic mass is 19.2. The van der Waals surface area contributed by atoms with Gasteiger partial charge in [-0.1, -0.05) is 6.07 Å². The van der Waals surface area contributed by atoms with E-state index in [-0.39, 0.29) is 0 Å². The summed E-state index contributed by atoms with van der Waals surface area (Å²) < 4.78 is 26.7. The highest BCUT2D eigenvalue weighted by molar-refractivity contribution is 5.31. The van der Waals surface area contributed by atoms with Crippen LogP contribution < -0.4 is 0 Å². The van der Waals surface area contributed by atoms with Crippen LogP contribution in [0, 0.1) is 30.4 Å². The van der Waals surface area contributed by atoms with Crippen molar-refractivity contribution >= 4 is 0 Å². The predicted octanol–water partition coefficient (Wildman–Crippen LogP) is 4.96. The van der Waals surface area contributed by atoms with E-state index in [1.54, 1.807) is 13.0 Å². The topological polar surface area (TPSA) is 0 Å². The molecule has 0 bridgehead atoms. The van der Waals surface area contributed by atoms with Gasteiger partial charge in [-0.25, -0.2) is 8.78 Å². The van der Waals surface area contributed by atoms with E-state index in [2.05, 4.69) is 0 Å². The SMILES string of the molecule is Cc1c(C2CCC(C3CC3)CC2)ccc(F)c1F. The maximum Gasteiger partial charge on any atom is 0.162 e. The van der Waals surface area contributed by atoms with Crippen molar-refractivity contribution in [2.24, 2.45) is 11.8 Å². The van der Waals surface area contributed by atoms with Gasteiger partial charge in [-0.05, 0) is 80.4 Å². The van der Waals surface area contributed by atoms with Crippen LogP contribution in [0.1, 0.15) is 55.6 Å². The summed E-state index contributed by atoms with van der Waals surface area (Å²) in [5.74, 6) is 0.957. The van der Waals surface area contributed by atoms with Crippen LogP contribution in [0.2, 0.25) is 0 Å². The van der Waals surface area contributed by atoms with E-state index in [1.165, 1.54) is 31.7 Å². The lowest BCUT2D eigenvalue weighted by Gasteiger charge is -2.29. The molecule has 0 nitrogen and oxygen atoms in total. The summed E-state index contributed by atoms with van der Waals surface area (Å²) in [5, 5.41) is 0. The molecule has 3 rings (SSSR count). The van der Waals surface area contributed by atoms with Crippen molar-refractivity contribution in [3.63, 3.8) is 0 Å². The van der Waals surface area contributed by atoms with Crippen LogP contribution in [-0.2, 0) is 0 Å². The Balaban J connectivity index is 1.74. The van der Waals surface area contributed by atoms with Gasteiger partial charge in [-0.3, -0.25) is 0 Å². The van der Waals surface area contributed by atoms with Crippen molar-refractivity contribution in [2.45, 2.75) is 51.4 Å². The van der Waals surface area contributed by atoms with Crippen LogP contribution >= 0.6 is 0 Å². The van der Waals surface area contributed by atoms with Gasteiger partial charge >= 0.3 is 0 Å². The number of hydrogen-bond acceptors (Lipinski definition) is 0. The quantitative estimate of drug-likeness (QED) is 0.696. The Morgan fingerprint density at radius 2 is 1.44 bits per heavy atom. The van der Waals surface area contributed by atoms with Crippen LogP contribution in [0.25, 0.3) is 0 Å². The molecule has 18 heavy (non-hydrogen) atoms. The van der Waals surface area contributed by atoms with Crippen molar-refractivity contribution in [3.05, 3.63) is 34.9 Å². The molecule has 0 aliphatic heterocycles. The Morgan fingerprint density at radius 3 is 2.00 bits per heavy atom. The summed E-state index contributed by atoms with van der Waals surface area (Å²) >= 11 is 0. The standard InChI is InChI=1S/C16H20F2/c1-10-14(8-9-15(17)16(10)18)13-6-4-12(5-7-13)11-2-3-11/h8-9,11-13H,2-7H2,1H3. The Bertz CT molecular complexity index is 441. The molecule has 0 spiro atoms. The van der Waals surface area contributed by atoms with Gasteiger partial charge in [-0.2, -0.15) is 0 Å². The van der Waals surface area contributed by atoms with Crippen LogP contribution in [0.3, 0.4) is 0 Å². The second kappa shape index (κ2) is 4.64. The summed E-state index contributed by atoms with van der Waals surface area (Å²) in [7, 11) is 0. The molecule has 0 aromatic heterocycles. The molecule has 2 fully saturated rings. The molecule has 0 saturated heterocycles. The van der Waals surface area contributed by atoms with Gasteiger partial charge < -0.3 is 0 Å². The van der Waals surface area contributed by atoms with Crippen molar-refractivity contribution in [2.75, 3.05) is 0 Å². The normalized spacial score (nSPS) is 28.4. The predicted molar refractivity (Wildman–Crippen MR) is 68.5 cm³/mol. The highest BCUT2D eigenvalue weighted by Gasteiger charge is 2.34. The lowest BCUT2D eigenvalue weighted by Crippen LogP contribution is -2.16. The number of benzene rings is 1. The average molecular weight is 250 g/mol. The van der Waals surface area contributed by atoms with E-state index >= 15 is 0 Å². The number of rotatable bonds is 2. The van der Waals surface area contributed by atoms with Crippen LogP contribution in [0.4, 0.5) is 8.78 Å². The average Bonchev–Trinajstić information content (AvgIpc) is 3.21. The first-order chi connectivity index (χ1) is 8.66. The first kappa shape index (κ1) is 12.1. The Morgan fingerprint density at radius 1 is 0.889 bits per heavy atom. The molecule has 2 saturated carbocycles. The Hall–Kier alpha value is -0.920. The maximum atomic E-state index is 13.6. The van der Waals surface area contributed by atoms with Crippen molar-refractivity contribution in [1.82, 2.24) is 0 Å². The molecule has 1 aromatic carbocycles. The fourth-order valence-corrected chi connectivity index (χ4v) is 3.58. The van der Waals surface area contributed by atoms with Crippen LogP contribution in [0.5, 0.6) is 0 Å². The van der Waals surface area contributed by atoms with Crippen molar-refractivity contribution in [3.8, 4) is 0 Å². The van der Waals surface area contributed by atoms with E-state index < -0.39 is 11.6 Å². The van der Waals surface area contributed by atoms with Gasteiger partial charge in [0.15, 0.2) is 11.6 Å². The summed E-state index contributed by atoms with van der Waals surface area (Å²) in [5.41, 5.74) is 1.55. The zero-order chi connectivity index (χ0) is 12.7. The third-order valence-corrected chi connectivity index (χ3v) is 4.88. The minimum atomic E-state index is -0.720. The Kier molecular flexibility index (Phi) is 3.13. The molecule has 0 heterocycles. The molecule has 0 unspecified atom stereocenters. The van der Waals surface area contributed by atoms with Gasteiger partial charge in [0.25, 0.3) is 0 Å². The third kappa shape index (κ3) is 2.17. The molecule has 2 aliphatic rings. The van der Waals surface area contributed by atoms with E-state index in [0.717, 1.165) is 30.2 Å². The molecule has 2 heteroatoms. The first-order valence-electron chi connectivity index (χ1n) is 7.11. The molecule has 0 atom stereocenters. The van der Waals surface area contributed by atoms with Crippen LogP contribution in [-0.4, -0.2) is 0 Å². The second-order valence-electron chi connectivity index (χ2n) is 6.02. The summed E-state index contributed by atoms with van der Waals surface area (Å²) in [6.07, 6.45) is 7.67. The van der Waals surface area contributed by atoms with E-state index in [4.69, 9.17) is 0 Å². The summed E-state index contributed by atoms with van der Waals surface area (Å²) in [6, 6.07) is 3.07. The summed E-state index contributed by atoms with van der Waals surface area (Å²) in [6.45, 7) is 1.71. The second-order valence-corrected chi connectivity index (χ2v) is 6.02.